The standard InChI is InChI=1S/C14H26N2O3/c1-15-14(13(17)18-2)6-3-4-12(14)5-7-16-8-10-19-11-9-16/h12,15H,3-11H2,1-2H3. The number of likely N-dealkylation sites (N-methyl/N-ethyl adjacent to an activating group) is 1. The van der Waals surface area contributed by atoms with Crippen LogP contribution in [-0.4, -0.2) is 63.4 Å². The first kappa shape index (κ1) is 14.8. The fourth-order valence-corrected chi connectivity index (χ4v) is 3.51. The molecule has 1 saturated carbocycles. The van der Waals surface area contributed by atoms with Gasteiger partial charge in [0.15, 0.2) is 0 Å². The minimum atomic E-state index is -0.457. The number of hydrogen-bond acceptors (Lipinski definition) is 5. The molecule has 2 atom stereocenters. The van der Waals surface area contributed by atoms with Crippen LogP contribution < -0.4 is 5.32 Å². The van der Waals surface area contributed by atoms with Crippen LogP contribution >= 0.6 is 0 Å². The van der Waals surface area contributed by atoms with Gasteiger partial charge < -0.3 is 14.8 Å². The molecule has 2 aliphatic rings. The van der Waals surface area contributed by atoms with Crippen molar-refractivity contribution in [1.82, 2.24) is 10.2 Å². The summed E-state index contributed by atoms with van der Waals surface area (Å²) in [6, 6.07) is 0. The average Bonchev–Trinajstić information content (AvgIpc) is 2.89. The van der Waals surface area contributed by atoms with Gasteiger partial charge in [-0.05, 0) is 38.8 Å². The summed E-state index contributed by atoms with van der Waals surface area (Å²) in [5, 5.41) is 3.25. The van der Waals surface area contributed by atoms with E-state index in [0.29, 0.717) is 5.92 Å². The van der Waals surface area contributed by atoms with Gasteiger partial charge >= 0.3 is 5.97 Å². The second-order valence-electron chi connectivity index (χ2n) is 5.54. The fraction of sp³-hybridized carbons (Fsp3) is 0.929. The lowest BCUT2D eigenvalue weighted by Gasteiger charge is -2.34. The molecule has 0 radical (unpaired) electrons. The van der Waals surface area contributed by atoms with Crippen molar-refractivity contribution in [1.29, 1.82) is 0 Å². The van der Waals surface area contributed by atoms with Crippen LogP contribution in [0.1, 0.15) is 25.7 Å². The Labute approximate surface area is 115 Å². The molecule has 1 saturated heterocycles. The van der Waals surface area contributed by atoms with E-state index in [2.05, 4.69) is 10.2 Å². The number of carbonyl (C=O) groups is 1. The Morgan fingerprint density at radius 1 is 1.47 bits per heavy atom. The highest BCUT2D eigenvalue weighted by Crippen LogP contribution is 2.38. The van der Waals surface area contributed by atoms with E-state index in [1.807, 2.05) is 7.05 Å². The van der Waals surface area contributed by atoms with Gasteiger partial charge in [0, 0.05) is 13.1 Å². The molecule has 2 fully saturated rings. The zero-order chi connectivity index (χ0) is 13.7. The van der Waals surface area contributed by atoms with Crippen molar-refractivity contribution in [3.8, 4) is 0 Å². The van der Waals surface area contributed by atoms with E-state index in [-0.39, 0.29) is 5.97 Å². The maximum Gasteiger partial charge on any atom is 0.326 e. The quantitative estimate of drug-likeness (QED) is 0.743. The van der Waals surface area contributed by atoms with E-state index in [0.717, 1.165) is 58.5 Å². The Morgan fingerprint density at radius 3 is 2.84 bits per heavy atom. The van der Waals surface area contributed by atoms with Gasteiger partial charge in [-0.25, -0.2) is 0 Å². The minimum Gasteiger partial charge on any atom is -0.468 e. The van der Waals surface area contributed by atoms with E-state index in [4.69, 9.17) is 9.47 Å². The lowest BCUT2D eigenvalue weighted by molar-refractivity contribution is -0.150. The van der Waals surface area contributed by atoms with Gasteiger partial charge in [-0.1, -0.05) is 6.42 Å². The van der Waals surface area contributed by atoms with E-state index >= 15 is 0 Å². The molecule has 0 bridgehead atoms. The van der Waals surface area contributed by atoms with Crippen LogP contribution in [0.4, 0.5) is 0 Å². The van der Waals surface area contributed by atoms with Crippen LogP contribution in [0.3, 0.4) is 0 Å². The summed E-state index contributed by atoms with van der Waals surface area (Å²) in [6.45, 7) is 4.74. The number of methoxy groups -OCH3 is 1. The predicted octanol–water partition coefficient (Wildman–Crippen LogP) is 0.640. The summed E-state index contributed by atoms with van der Waals surface area (Å²) in [5.74, 6) is 0.285. The Hall–Kier alpha value is -0.650. The number of nitrogens with zero attached hydrogens (tertiary/aromatic N) is 1. The molecule has 1 N–H and O–H groups in total. The molecule has 110 valence electrons. The largest absolute Gasteiger partial charge is 0.468 e. The molecule has 1 aliphatic heterocycles. The number of hydrogen-bond donors (Lipinski definition) is 1. The number of nitrogens with one attached hydrogen (secondary N) is 1. The Balaban J connectivity index is 1.91. The van der Waals surface area contributed by atoms with E-state index in [1.54, 1.807) is 0 Å². The summed E-state index contributed by atoms with van der Waals surface area (Å²) in [6.07, 6.45) is 4.16. The molecule has 0 amide bonds. The molecule has 5 heteroatoms. The number of morpholine rings is 1. The zero-order valence-electron chi connectivity index (χ0n) is 12.1. The van der Waals surface area contributed by atoms with Gasteiger partial charge in [0.25, 0.3) is 0 Å². The highest BCUT2D eigenvalue weighted by atomic mass is 16.5. The van der Waals surface area contributed by atoms with Gasteiger partial charge in [0.05, 0.1) is 20.3 Å². The maximum atomic E-state index is 12.1. The summed E-state index contributed by atoms with van der Waals surface area (Å²) in [7, 11) is 3.36. The Bertz CT molecular complexity index is 305. The third-order valence-corrected chi connectivity index (χ3v) is 4.71. The van der Waals surface area contributed by atoms with Gasteiger partial charge in [-0.3, -0.25) is 9.69 Å². The number of esters is 1. The highest BCUT2D eigenvalue weighted by Gasteiger charge is 2.48. The fourth-order valence-electron chi connectivity index (χ4n) is 3.51. The molecule has 1 heterocycles. The van der Waals surface area contributed by atoms with Crippen molar-refractivity contribution < 1.29 is 14.3 Å². The Kier molecular flexibility index (Phi) is 5.19. The maximum absolute atomic E-state index is 12.1. The molecule has 19 heavy (non-hydrogen) atoms. The first-order valence-electron chi connectivity index (χ1n) is 7.30. The Morgan fingerprint density at radius 2 is 2.21 bits per heavy atom. The molecule has 2 rings (SSSR count). The molecule has 0 aromatic heterocycles. The lowest BCUT2D eigenvalue weighted by atomic mass is 9.84. The third-order valence-electron chi connectivity index (χ3n) is 4.71. The van der Waals surface area contributed by atoms with Gasteiger partial charge in [0.1, 0.15) is 5.54 Å². The third kappa shape index (κ3) is 3.09. The van der Waals surface area contributed by atoms with Crippen molar-refractivity contribution in [3.63, 3.8) is 0 Å². The average molecular weight is 270 g/mol. The van der Waals surface area contributed by atoms with Crippen LogP contribution in [0, 0.1) is 5.92 Å². The van der Waals surface area contributed by atoms with Crippen molar-refractivity contribution >= 4 is 5.97 Å². The smallest absolute Gasteiger partial charge is 0.326 e. The van der Waals surface area contributed by atoms with Gasteiger partial charge in [-0.2, -0.15) is 0 Å². The second-order valence-corrected chi connectivity index (χ2v) is 5.54. The van der Waals surface area contributed by atoms with Crippen molar-refractivity contribution in [2.45, 2.75) is 31.2 Å². The van der Waals surface area contributed by atoms with Crippen molar-refractivity contribution in [3.05, 3.63) is 0 Å². The molecule has 0 spiro atoms. The first-order valence-corrected chi connectivity index (χ1v) is 7.30. The monoisotopic (exact) mass is 270 g/mol. The molecule has 0 aromatic carbocycles. The molecule has 2 unspecified atom stereocenters. The van der Waals surface area contributed by atoms with Crippen LogP contribution in [0.15, 0.2) is 0 Å². The van der Waals surface area contributed by atoms with E-state index in [9.17, 15) is 4.79 Å². The first-order chi connectivity index (χ1) is 9.23. The van der Waals surface area contributed by atoms with Crippen LogP contribution in [0.5, 0.6) is 0 Å². The molecule has 5 nitrogen and oxygen atoms in total. The number of carbonyl (C=O) groups excluding carboxylic acids is 1. The normalized spacial score (nSPS) is 32.4. The minimum absolute atomic E-state index is 0.0977. The highest BCUT2D eigenvalue weighted by molar-refractivity contribution is 5.81. The van der Waals surface area contributed by atoms with Gasteiger partial charge in [-0.15, -0.1) is 0 Å². The topological polar surface area (TPSA) is 50.8 Å². The van der Waals surface area contributed by atoms with Crippen molar-refractivity contribution in [2.75, 3.05) is 47.0 Å². The predicted molar refractivity (Wildman–Crippen MR) is 73.0 cm³/mol. The number of ether oxygens (including phenoxy) is 2. The summed E-state index contributed by atoms with van der Waals surface area (Å²) < 4.78 is 10.4. The summed E-state index contributed by atoms with van der Waals surface area (Å²) in [4.78, 5) is 14.5. The molecular weight excluding hydrogens is 244 g/mol. The summed E-state index contributed by atoms with van der Waals surface area (Å²) in [5.41, 5.74) is -0.457. The number of rotatable bonds is 5. The lowest BCUT2D eigenvalue weighted by Crippen LogP contribution is -2.54. The van der Waals surface area contributed by atoms with Gasteiger partial charge in [0.2, 0.25) is 0 Å². The summed E-state index contributed by atoms with van der Waals surface area (Å²) >= 11 is 0. The van der Waals surface area contributed by atoms with Crippen LogP contribution in [0.2, 0.25) is 0 Å². The van der Waals surface area contributed by atoms with Crippen LogP contribution in [-0.2, 0) is 14.3 Å². The SMILES string of the molecule is CNC1(C(=O)OC)CCCC1CCN1CCOCC1. The second kappa shape index (κ2) is 6.68. The van der Waals surface area contributed by atoms with Crippen LogP contribution in [0.25, 0.3) is 0 Å². The molecular formula is C14H26N2O3. The zero-order valence-corrected chi connectivity index (χ0v) is 12.1. The molecule has 0 aromatic rings. The van der Waals surface area contributed by atoms with E-state index < -0.39 is 5.54 Å². The molecule has 1 aliphatic carbocycles. The van der Waals surface area contributed by atoms with E-state index in [1.165, 1.54) is 7.11 Å². The van der Waals surface area contributed by atoms with Crippen molar-refractivity contribution in [2.24, 2.45) is 5.92 Å².